The highest BCUT2D eigenvalue weighted by Crippen LogP contribution is 2.36. The van der Waals surface area contributed by atoms with Crippen molar-refractivity contribution >= 4 is 0 Å². The summed E-state index contributed by atoms with van der Waals surface area (Å²) in [4.78, 5) is 0. The van der Waals surface area contributed by atoms with Crippen LogP contribution in [0.2, 0.25) is 0 Å². The van der Waals surface area contributed by atoms with E-state index in [1.165, 1.54) is 0 Å². The van der Waals surface area contributed by atoms with Crippen LogP contribution in [0.1, 0.15) is 25.7 Å². The third-order valence-corrected chi connectivity index (χ3v) is 4.12. The zero-order valence-electron chi connectivity index (χ0n) is 10.9. The molecule has 2 saturated heterocycles. The highest BCUT2D eigenvalue weighted by atomic mass is 16.7. The standard InChI is InChI=1S/C15H20O3/c1-10-8-16-13-9-17-15(18-14(13)11(10)2)12-6-4-3-5-7-12/h3-7,10-11,13-15H,8-9H2,1-2H3/t10?,11-,13?,14+,15?/m1/s1. The number of hydrogen-bond donors (Lipinski definition) is 0. The highest BCUT2D eigenvalue weighted by Gasteiger charge is 2.41. The molecule has 0 aromatic heterocycles. The van der Waals surface area contributed by atoms with Crippen LogP contribution in [-0.4, -0.2) is 25.4 Å². The molecule has 0 radical (unpaired) electrons. The van der Waals surface area contributed by atoms with Crippen molar-refractivity contribution in [2.75, 3.05) is 13.2 Å². The molecule has 3 rings (SSSR count). The summed E-state index contributed by atoms with van der Waals surface area (Å²) in [5, 5.41) is 0. The van der Waals surface area contributed by atoms with Crippen molar-refractivity contribution < 1.29 is 14.2 Å². The molecule has 0 bridgehead atoms. The van der Waals surface area contributed by atoms with Gasteiger partial charge in [-0.05, 0) is 11.8 Å². The largest absolute Gasteiger partial charge is 0.373 e. The summed E-state index contributed by atoms with van der Waals surface area (Å²) in [5.74, 6) is 1.06. The van der Waals surface area contributed by atoms with E-state index in [4.69, 9.17) is 14.2 Å². The maximum Gasteiger partial charge on any atom is 0.184 e. The predicted octanol–water partition coefficient (Wildman–Crippen LogP) is 2.77. The van der Waals surface area contributed by atoms with Crippen LogP contribution in [0.3, 0.4) is 0 Å². The van der Waals surface area contributed by atoms with Crippen LogP contribution >= 0.6 is 0 Å². The average molecular weight is 248 g/mol. The Bertz CT molecular complexity index is 390. The van der Waals surface area contributed by atoms with Gasteiger partial charge in [0.05, 0.1) is 19.3 Å². The lowest BCUT2D eigenvalue weighted by atomic mass is 9.85. The monoisotopic (exact) mass is 248 g/mol. The third-order valence-electron chi connectivity index (χ3n) is 4.12. The van der Waals surface area contributed by atoms with Gasteiger partial charge in [-0.1, -0.05) is 44.2 Å². The van der Waals surface area contributed by atoms with Gasteiger partial charge in [-0.3, -0.25) is 0 Å². The fraction of sp³-hybridized carbons (Fsp3) is 0.600. The van der Waals surface area contributed by atoms with Gasteiger partial charge in [0, 0.05) is 5.56 Å². The minimum Gasteiger partial charge on any atom is -0.373 e. The molecule has 0 amide bonds. The van der Waals surface area contributed by atoms with Gasteiger partial charge < -0.3 is 14.2 Å². The van der Waals surface area contributed by atoms with E-state index in [1.54, 1.807) is 0 Å². The second kappa shape index (κ2) is 5.00. The molecule has 5 atom stereocenters. The van der Waals surface area contributed by atoms with Crippen molar-refractivity contribution in [1.82, 2.24) is 0 Å². The van der Waals surface area contributed by atoms with Crippen LogP contribution in [0.4, 0.5) is 0 Å². The van der Waals surface area contributed by atoms with E-state index in [0.717, 1.165) is 12.2 Å². The van der Waals surface area contributed by atoms with Gasteiger partial charge in [0.1, 0.15) is 6.10 Å². The zero-order chi connectivity index (χ0) is 12.5. The van der Waals surface area contributed by atoms with Crippen LogP contribution in [0.25, 0.3) is 0 Å². The second-order valence-corrected chi connectivity index (χ2v) is 5.38. The summed E-state index contributed by atoms with van der Waals surface area (Å²) in [7, 11) is 0. The second-order valence-electron chi connectivity index (χ2n) is 5.38. The quantitative estimate of drug-likeness (QED) is 0.765. The van der Waals surface area contributed by atoms with Crippen molar-refractivity contribution in [2.45, 2.75) is 32.3 Å². The molecule has 2 aliphatic rings. The molecule has 0 saturated carbocycles. The van der Waals surface area contributed by atoms with Crippen molar-refractivity contribution in [1.29, 1.82) is 0 Å². The molecule has 0 spiro atoms. The predicted molar refractivity (Wildman–Crippen MR) is 68.1 cm³/mol. The van der Waals surface area contributed by atoms with Gasteiger partial charge in [-0.15, -0.1) is 0 Å². The Morgan fingerprint density at radius 3 is 2.56 bits per heavy atom. The lowest BCUT2D eigenvalue weighted by Crippen LogP contribution is -2.51. The van der Waals surface area contributed by atoms with Gasteiger partial charge in [-0.2, -0.15) is 0 Å². The minimum atomic E-state index is -0.246. The van der Waals surface area contributed by atoms with Crippen LogP contribution in [0, 0.1) is 11.8 Å². The lowest BCUT2D eigenvalue weighted by molar-refractivity contribution is -0.296. The van der Waals surface area contributed by atoms with Crippen LogP contribution < -0.4 is 0 Å². The Balaban J connectivity index is 1.75. The molecule has 2 fully saturated rings. The molecule has 1 aromatic carbocycles. The fourth-order valence-electron chi connectivity index (χ4n) is 2.69. The molecule has 2 heterocycles. The maximum absolute atomic E-state index is 6.11. The molecule has 18 heavy (non-hydrogen) atoms. The zero-order valence-corrected chi connectivity index (χ0v) is 10.9. The van der Waals surface area contributed by atoms with E-state index in [1.807, 2.05) is 30.3 Å². The number of hydrogen-bond acceptors (Lipinski definition) is 3. The Hall–Kier alpha value is -0.900. The van der Waals surface area contributed by atoms with E-state index >= 15 is 0 Å². The maximum atomic E-state index is 6.11. The van der Waals surface area contributed by atoms with Crippen LogP contribution in [-0.2, 0) is 14.2 Å². The fourth-order valence-corrected chi connectivity index (χ4v) is 2.69. The SMILES string of the molecule is CC1COC2COC(c3ccccc3)O[C@H]2[C@@H]1C. The molecule has 98 valence electrons. The van der Waals surface area contributed by atoms with Crippen molar-refractivity contribution in [3.63, 3.8) is 0 Å². The normalized spacial score (nSPS) is 40.2. The summed E-state index contributed by atoms with van der Waals surface area (Å²) in [6.07, 6.45) is -0.00679. The number of ether oxygens (including phenoxy) is 3. The molecule has 3 nitrogen and oxygen atoms in total. The van der Waals surface area contributed by atoms with Crippen LogP contribution in [0.15, 0.2) is 30.3 Å². The highest BCUT2D eigenvalue weighted by molar-refractivity contribution is 5.16. The Labute approximate surface area is 108 Å². The number of rotatable bonds is 1. The van der Waals surface area contributed by atoms with Crippen molar-refractivity contribution in [3.05, 3.63) is 35.9 Å². The molecule has 0 aliphatic carbocycles. The van der Waals surface area contributed by atoms with Gasteiger partial charge in [-0.25, -0.2) is 0 Å². The first kappa shape index (κ1) is 12.2. The van der Waals surface area contributed by atoms with E-state index in [0.29, 0.717) is 18.4 Å². The summed E-state index contributed by atoms with van der Waals surface area (Å²) < 4.78 is 17.7. The van der Waals surface area contributed by atoms with E-state index in [9.17, 15) is 0 Å². The summed E-state index contributed by atoms with van der Waals surface area (Å²) >= 11 is 0. The first-order valence-electron chi connectivity index (χ1n) is 6.69. The van der Waals surface area contributed by atoms with Gasteiger partial charge in [0.2, 0.25) is 0 Å². The molecule has 1 aromatic rings. The summed E-state index contributed by atoms with van der Waals surface area (Å²) in [5.41, 5.74) is 1.08. The third kappa shape index (κ3) is 2.18. The van der Waals surface area contributed by atoms with Crippen molar-refractivity contribution in [3.8, 4) is 0 Å². The smallest absolute Gasteiger partial charge is 0.184 e. The Morgan fingerprint density at radius 2 is 1.78 bits per heavy atom. The first-order valence-corrected chi connectivity index (χ1v) is 6.69. The first-order chi connectivity index (χ1) is 8.75. The minimum absolute atomic E-state index is 0.0937. The summed E-state index contributed by atoms with van der Waals surface area (Å²) in [6, 6.07) is 10.1. The molecule has 3 unspecified atom stereocenters. The lowest BCUT2D eigenvalue weighted by Gasteiger charge is -2.45. The number of fused-ring (bicyclic) bond motifs is 1. The summed E-state index contributed by atoms with van der Waals surface area (Å²) in [6.45, 7) is 5.90. The van der Waals surface area contributed by atoms with Gasteiger partial charge in [0.15, 0.2) is 6.29 Å². The van der Waals surface area contributed by atoms with Crippen LogP contribution in [0.5, 0.6) is 0 Å². The molecule has 3 heteroatoms. The molecule has 0 N–H and O–H groups in total. The topological polar surface area (TPSA) is 27.7 Å². The van der Waals surface area contributed by atoms with E-state index < -0.39 is 0 Å². The molecular formula is C15H20O3. The van der Waals surface area contributed by atoms with Gasteiger partial charge >= 0.3 is 0 Å². The molecule has 2 aliphatic heterocycles. The number of benzene rings is 1. The Kier molecular flexibility index (Phi) is 3.37. The Morgan fingerprint density at radius 1 is 1.00 bits per heavy atom. The average Bonchev–Trinajstić information content (AvgIpc) is 2.44. The van der Waals surface area contributed by atoms with E-state index in [2.05, 4.69) is 13.8 Å². The van der Waals surface area contributed by atoms with Gasteiger partial charge in [0.25, 0.3) is 0 Å². The van der Waals surface area contributed by atoms with Crippen molar-refractivity contribution in [2.24, 2.45) is 11.8 Å². The molecular weight excluding hydrogens is 228 g/mol. The van der Waals surface area contributed by atoms with E-state index in [-0.39, 0.29) is 18.5 Å².